The summed E-state index contributed by atoms with van der Waals surface area (Å²) in [7, 11) is 0. The summed E-state index contributed by atoms with van der Waals surface area (Å²) in [5.74, 6) is -0.695. The molecule has 0 aliphatic heterocycles. The van der Waals surface area contributed by atoms with Gasteiger partial charge >= 0.3 is 5.97 Å². The van der Waals surface area contributed by atoms with Gasteiger partial charge in [0.15, 0.2) is 0 Å². The van der Waals surface area contributed by atoms with Crippen LogP contribution >= 0.6 is 0 Å². The Balaban J connectivity index is 3.39. The van der Waals surface area contributed by atoms with Crippen molar-refractivity contribution >= 4 is 5.97 Å². The molecule has 0 aliphatic rings. The molecule has 0 aromatic rings. The minimum absolute atomic E-state index is 0.0549. The lowest BCUT2D eigenvalue weighted by atomic mass is 10.0. The molecule has 0 spiro atoms. The van der Waals surface area contributed by atoms with Crippen molar-refractivity contribution in [2.24, 2.45) is 5.92 Å². The fourth-order valence-corrected chi connectivity index (χ4v) is 0.605. The van der Waals surface area contributed by atoms with Gasteiger partial charge in [0.2, 0.25) is 0 Å². The highest BCUT2D eigenvalue weighted by atomic mass is 16.4. The molecule has 0 amide bonds. The second-order valence-corrected chi connectivity index (χ2v) is 2.74. The molecule has 1 unspecified atom stereocenters. The van der Waals surface area contributed by atoms with Crippen LogP contribution in [0.4, 0.5) is 0 Å². The molecular weight excluding hydrogens is 132 g/mol. The van der Waals surface area contributed by atoms with Gasteiger partial charge in [0.1, 0.15) is 0 Å². The van der Waals surface area contributed by atoms with E-state index >= 15 is 0 Å². The Bertz CT molecular complexity index is 109. The van der Waals surface area contributed by atoms with Crippen molar-refractivity contribution in [1.29, 1.82) is 0 Å². The van der Waals surface area contributed by atoms with Gasteiger partial charge in [-0.25, -0.2) is 0 Å². The third-order valence-electron chi connectivity index (χ3n) is 1.42. The Morgan fingerprint density at radius 2 is 2.00 bits per heavy atom. The van der Waals surface area contributed by atoms with Crippen LogP contribution in [0.5, 0.6) is 0 Å². The van der Waals surface area contributed by atoms with Crippen LogP contribution < -0.4 is 0 Å². The van der Waals surface area contributed by atoms with Crippen LogP contribution in [0, 0.1) is 5.92 Å². The summed E-state index contributed by atoms with van der Waals surface area (Å²) >= 11 is 0. The number of hydrogen-bond donors (Lipinski definition) is 2. The van der Waals surface area contributed by atoms with Gasteiger partial charge in [-0.15, -0.1) is 0 Å². The van der Waals surface area contributed by atoms with Crippen molar-refractivity contribution in [3.63, 3.8) is 0 Å². The molecule has 0 saturated carbocycles. The molecule has 0 radical (unpaired) electrons. The monoisotopic (exact) mass is 146 g/mol. The lowest BCUT2D eigenvalue weighted by molar-refractivity contribution is -0.137. The summed E-state index contributed by atoms with van der Waals surface area (Å²) in [5, 5.41) is 17.3. The van der Waals surface area contributed by atoms with E-state index in [9.17, 15) is 4.79 Å². The summed E-state index contributed by atoms with van der Waals surface area (Å²) in [6.45, 7) is 3.74. The first-order valence-corrected chi connectivity index (χ1v) is 3.44. The van der Waals surface area contributed by atoms with Crippen LogP contribution in [0.2, 0.25) is 0 Å². The molecule has 0 heterocycles. The molecule has 0 bridgehead atoms. The van der Waals surface area contributed by atoms with Gasteiger partial charge in [-0.1, -0.05) is 13.8 Å². The number of aliphatic carboxylic acids is 1. The van der Waals surface area contributed by atoms with Crippen LogP contribution in [0.25, 0.3) is 0 Å². The van der Waals surface area contributed by atoms with Gasteiger partial charge in [-0.3, -0.25) is 4.79 Å². The second kappa shape index (κ2) is 4.28. The first kappa shape index (κ1) is 9.43. The number of aliphatic hydroxyl groups is 1. The number of carbonyl (C=O) groups is 1. The van der Waals surface area contributed by atoms with E-state index in [1.807, 2.05) is 13.8 Å². The lowest BCUT2D eigenvalue weighted by Crippen LogP contribution is -2.15. The van der Waals surface area contributed by atoms with Crippen LogP contribution in [-0.4, -0.2) is 22.3 Å². The zero-order valence-electron chi connectivity index (χ0n) is 6.37. The van der Waals surface area contributed by atoms with Crippen molar-refractivity contribution in [2.45, 2.75) is 32.8 Å². The van der Waals surface area contributed by atoms with E-state index in [-0.39, 0.29) is 12.3 Å². The third kappa shape index (κ3) is 4.32. The number of aliphatic hydroxyl groups excluding tert-OH is 1. The van der Waals surface area contributed by atoms with Crippen molar-refractivity contribution in [3.05, 3.63) is 0 Å². The molecule has 0 aromatic carbocycles. The highest BCUT2D eigenvalue weighted by Crippen LogP contribution is 2.07. The summed E-state index contributed by atoms with van der Waals surface area (Å²) in [5.41, 5.74) is 0. The third-order valence-corrected chi connectivity index (χ3v) is 1.42. The minimum Gasteiger partial charge on any atom is -0.481 e. The first-order chi connectivity index (χ1) is 4.54. The van der Waals surface area contributed by atoms with E-state index in [1.54, 1.807) is 0 Å². The Labute approximate surface area is 60.7 Å². The molecule has 1 atom stereocenters. The number of hydrogen-bond acceptors (Lipinski definition) is 2. The SMILES string of the molecule is CC(C)C(O)CCC(=O)O. The van der Waals surface area contributed by atoms with E-state index in [2.05, 4.69) is 0 Å². The van der Waals surface area contributed by atoms with Crippen LogP contribution in [0.1, 0.15) is 26.7 Å². The average molecular weight is 146 g/mol. The zero-order valence-corrected chi connectivity index (χ0v) is 6.37. The molecule has 60 valence electrons. The summed E-state index contributed by atoms with van der Waals surface area (Å²) in [4.78, 5) is 10.0. The molecule has 0 aromatic heterocycles. The normalized spacial score (nSPS) is 13.6. The average Bonchev–Trinajstić information content (AvgIpc) is 1.82. The lowest BCUT2D eigenvalue weighted by Gasteiger charge is -2.11. The number of rotatable bonds is 4. The topological polar surface area (TPSA) is 57.5 Å². The van der Waals surface area contributed by atoms with Gasteiger partial charge in [-0.05, 0) is 12.3 Å². The summed E-state index contributed by atoms with van der Waals surface area (Å²) in [6, 6.07) is 0. The number of carboxylic acid groups (broad SMARTS) is 1. The smallest absolute Gasteiger partial charge is 0.303 e. The highest BCUT2D eigenvalue weighted by molar-refractivity contribution is 5.66. The van der Waals surface area contributed by atoms with Gasteiger partial charge in [0, 0.05) is 6.42 Å². The van der Waals surface area contributed by atoms with E-state index in [1.165, 1.54) is 0 Å². The van der Waals surface area contributed by atoms with Gasteiger partial charge in [-0.2, -0.15) is 0 Å². The zero-order chi connectivity index (χ0) is 8.15. The molecule has 0 rings (SSSR count). The largest absolute Gasteiger partial charge is 0.481 e. The Morgan fingerprint density at radius 3 is 2.30 bits per heavy atom. The quantitative estimate of drug-likeness (QED) is 0.618. The van der Waals surface area contributed by atoms with Crippen LogP contribution in [0.3, 0.4) is 0 Å². The molecule has 10 heavy (non-hydrogen) atoms. The van der Waals surface area contributed by atoms with Crippen molar-refractivity contribution in [1.82, 2.24) is 0 Å². The van der Waals surface area contributed by atoms with E-state index in [0.29, 0.717) is 6.42 Å². The Hall–Kier alpha value is -0.570. The van der Waals surface area contributed by atoms with Crippen molar-refractivity contribution < 1.29 is 15.0 Å². The van der Waals surface area contributed by atoms with E-state index < -0.39 is 12.1 Å². The summed E-state index contributed by atoms with van der Waals surface area (Å²) in [6.07, 6.45) is -0.0668. The first-order valence-electron chi connectivity index (χ1n) is 3.44. The summed E-state index contributed by atoms with van der Waals surface area (Å²) < 4.78 is 0. The molecule has 0 saturated heterocycles. The molecule has 0 fully saturated rings. The van der Waals surface area contributed by atoms with E-state index in [4.69, 9.17) is 10.2 Å². The maximum absolute atomic E-state index is 10.0. The predicted molar refractivity (Wildman–Crippen MR) is 37.7 cm³/mol. The number of carboxylic acids is 1. The fraction of sp³-hybridized carbons (Fsp3) is 0.857. The van der Waals surface area contributed by atoms with Crippen molar-refractivity contribution in [3.8, 4) is 0 Å². The maximum atomic E-state index is 10.0. The molecule has 2 N–H and O–H groups in total. The van der Waals surface area contributed by atoms with E-state index in [0.717, 1.165) is 0 Å². The standard InChI is InChI=1S/C7H14O3/c1-5(2)6(8)3-4-7(9)10/h5-6,8H,3-4H2,1-2H3,(H,9,10). The van der Waals surface area contributed by atoms with Gasteiger partial charge in [0.05, 0.1) is 6.10 Å². The van der Waals surface area contributed by atoms with Crippen molar-refractivity contribution in [2.75, 3.05) is 0 Å². The predicted octanol–water partition coefficient (Wildman–Crippen LogP) is 0.868. The van der Waals surface area contributed by atoms with Gasteiger partial charge < -0.3 is 10.2 Å². The van der Waals surface area contributed by atoms with Crippen LogP contribution in [0.15, 0.2) is 0 Å². The maximum Gasteiger partial charge on any atom is 0.303 e. The Morgan fingerprint density at radius 1 is 1.50 bits per heavy atom. The molecule has 3 heteroatoms. The van der Waals surface area contributed by atoms with Gasteiger partial charge in [0.25, 0.3) is 0 Å². The fourth-order valence-electron chi connectivity index (χ4n) is 0.605. The highest BCUT2D eigenvalue weighted by Gasteiger charge is 2.10. The minimum atomic E-state index is -0.847. The molecule has 0 aliphatic carbocycles. The second-order valence-electron chi connectivity index (χ2n) is 2.74. The molecule has 3 nitrogen and oxygen atoms in total. The van der Waals surface area contributed by atoms with Crippen LogP contribution in [-0.2, 0) is 4.79 Å². The Kier molecular flexibility index (Phi) is 4.03. The molecular formula is C7H14O3.